The molecule has 1 aromatic heterocycles. The van der Waals surface area contributed by atoms with E-state index >= 15 is 0 Å². The van der Waals surface area contributed by atoms with Gasteiger partial charge in [-0.3, -0.25) is 0 Å². The fourth-order valence-electron chi connectivity index (χ4n) is 3.39. The molecule has 0 aromatic carbocycles. The Bertz CT molecular complexity index is 838. The van der Waals surface area contributed by atoms with Crippen molar-refractivity contribution in [1.29, 1.82) is 0 Å². The van der Waals surface area contributed by atoms with Gasteiger partial charge in [-0.05, 0) is 31.2 Å². The van der Waals surface area contributed by atoms with Crippen molar-refractivity contribution in [3.8, 4) is 0 Å². The summed E-state index contributed by atoms with van der Waals surface area (Å²) in [5.41, 5.74) is 7.10. The van der Waals surface area contributed by atoms with E-state index in [4.69, 9.17) is 9.98 Å². The lowest BCUT2D eigenvalue weighted by molar-refractivity contribution is 0.401. The number of thiazole rings is 1. The second kappa shape index (κ2) is 5.74. The number of hydrogen-bond donors (Lipinski definition) is 0. The van der Waals surface area contributed by atoms with E-state index in [0.29, 0.717) is 0 Å². The van der Waals surface area contributed by atoms with Gasteiger partial charge in [0.15, 0.2) is 0 Å². The number of aryl methyl sites for hydroxylation is 1. The Kier molecular flexibility index (Phi) is 3.68. The second-order valence-electron chi connectivity index (χ2n) is 6.69. The van der Waals surface area contributed by atoms with Crippen molar-refractivity contribution in [3.05, 3.63) is 57.5 Å². The smallest absolute Gasteiger partial charge is 0.121 e. The minimum atomic E-state index is 0.895. The lowest BCUT2D eigenvalue weighted by Crippen LogP contribution is -2.24. The molecule has 1 aromatic rings. The molecule has 0 fully saturated rings. The molecule has 0 N–H and O–H groups in total. The molecule has 3 aliphatic rings. The van der Waals surface area contributed by atoms with E-state index in [9.17, 15) is 0 Å². The van der Waals surface area contributed by atoms with Crippen LogP contribution in [0.15, 0.2) is 46.9 Å². The summed E-state index contributed by atoms with van der Waals surface area (Å²) in [6.07, 6.45) is 8.24. The zero-order chi connectivity index (χ0) is 16.8. The van der Waals surface area contributed by atoms with Crippen LogP contribution in [0.2, 0.25) is 0 Å². The monoisotopic (exact) mass is 338 g/mol. The number of aliphatic imine (C=N–C) groups is 1. The summed E-state index contributed by atoms with van der Waals surface area (Å²) >= 11 is 1.77. The van der Waals surface area contributed by atoms with Gasteiger partial charge < -0.3 is 9.80 Å². The molecule has 0 saturated carbocycles. The molecule has 0 unspecified atom stereocenters. The molecule has 0 radical (unpaired) electrons. The number of hydrogen-bond acceptors (Lipinski definition) is 5. The minimum absolute atomic E-state index is 0.895. The van der Waals surface area contributed by atoms with Crippen LogP contribution < -0.4 is 0 Å². The molecule has 24 heavy (non-hydrogen) atoms. The van der Waals surface area contributed by atoms with Crippen molar-refractivity contribution in [2.45, 2.75) is 19.8 Å². The Balaban J connectivity index is 1.65. The fourth-order valence-corrected chi connectivity index (χ4v) is 4.46. The largest absolute Gasteiger partial charge is 0.376 e. The highest BCUT2D eigenvalue weighted by Gasteiger charge is 2.29. The highest BCUT2D eigenvalue weighted by Crippen LogP contribution is 2.37. The van der Waals surface area contributed by atoms with Crippen LogP contribution >= 0.6 is 11.3 Å². The first kappa shape index (κ1) is 15.4. The number of likely N-dealkylation sites (N-methyl/N-ethyl adjacent to an activating group) is 1. The Morgan fingerprint density at radius 2 is 2.12 bits per heavy atom. The van der Waals surface area contributed by atoms with Gasteiger partial charge in [0.05, 0.1) is 22.0 Å². The molecule has 3 aliphatic heterocycles. The van der Waals surface area contributed by atoms with Crippen LogP contribution in [0, 0.1) is 6.92 Å². The van der Waals surface area contributed by atoms with Gasteiger partial charge in [-0.25, -0.2) is 9.98 Å². The molecule has 4 rings (SSSR count). The molecule has 0 spiro atoms. The van der Waals surface area contributed by atoms with E-state index in [-0.39, 0.29) is 0 Å². The first-order chi connectivity index (χ1) is 11.5. The summed E-state index contributed by atoms with van der Waals surface area (Å²) in [6, 6.07) is 0. The maximum absolute atomic E-state index is 4.93. The average molecular weight is 338 g/mol. The highest BCUT2D eigenvalue weighted by atomic mass is 32.1. The van der Waals surface area contributed by atoms with Crippen LogP contribution in [0.4, 0.5) is 0 Å². The van der Waals surface area contributed by atoms with Gasteiger partial charge in [-0.1, -0.05) is 12.7 Å². The minimum Gasteiger partial charge on any atom is -0.376 e. The van der Waals surface area contributed by atoms with E-state index in [1.807, 2.05) is 0 Å². The van der Waals surface area contributed by atoms with Crippen molar-refractivity contribution in [2.75, 3.05) is 27.2 Å². The van der Waals surface area contributed by atoms with Crippen molar-refractivity contribution >= 4 is 22.6 Å². The summed E-state index contributed by atoms with van der Waals surface area (Å²) in [5, 5.41) is 1.11. The highest BCUT2D eigenvalue weighted by molar-refractivity contribution is 7.15. The van der Waals surface area contributed by atoms with Crippen LogP contribution in [0.25, 0.3) is 5.57 Å². The van der Waals surface area contributed by atoms with Crippen LogP contribution in [0.3, 0.4) is 0 Å². The van der Waals surface area contributed by atoms with Gasteiger partial charge in [-0.2, -0.15) is 0 Å². The van der Waals surface area contributed by atoms with E-state index in [1.54, 1.807) is 11.3 Å². The third kappa shape index (κ3) is 2.53. The van der Waals surface area contributed by atoms with Crippen molar-refractivity contribution < 1.29 is 0 Å². The van der Waals surface area contributed by atoms with Crippen molar-refractivity contribution in [1.82, 2.24) is 14.8 Å². The maximum Gasteiger partial charge on any atom is 0.121 e. The zero-order valence-corrected chi connectivity index (χ0v) is 15.3. The van der Waals surface area contributed by atoms with Gasteiger partial charge in [0, 0.05) is 44.9 Å². The summed E-state index contributed by atoms with van der Waals surface area (Å²) in [7, 11) is 4.24. The molecule has 4 nitrogen and oxygen atoms in total. The molecule has 124 valence electrons. The van der Waals surface area contributed by atoms with E-state index in [0.717, 1.165) is 48.0 Å². The predicted molar refractivity (Wildman–Crippen MR) is 101 cm³/mol. The number of aromatic nitrogens is 1. The lowest BCUT2D eigenvalue weighted by atomic mass is 10.0. The Morgan fingerprint density at radius 1 is 1.29 bits per heavy atom. The van der Waals surface area contributed by atoms with Crippen LogP contribution in [0.5, 0.6) is 0 Å². The second-order valence-corrected chi connectivity index (χ2v) is 7.69. The standard InChI is InChI=1S/C19H22N4S/c1-12-7-9-23(4)16-10-15(21-17(12)16)18-13(2)20-19(24-18)14-6-5-8-22(3)11-14/h5-6,8H,1,7,9-11H2,2-4H3. The molecule has 0 bridgehead atoms. The molecule has 4 heterocycles. The molecule has 0 amide bonds. The van der Waals surface area contributed by atoms with Crippen LogP contribution in [-0.2, 0) is 0 Å². The van der Waals surface area contributed by atoms with Crippen LogP contribution in [-0.4, -0.2) is 47.7 Å². The summed E-state index contributed by atoms with van der Waals surface area (Å²) in [5.74, 6) is 0. The lowest BCUT2D eigenvalue weighted by Gasteiger charge is -2.27. The van der Waals surface area contributed by atoms with E-state index < -0.39 is 0 Å². The van der Waals surface area contributed by atoms with Gasteiger partial charge in [-0.15, -0.1) is 11.3 Å². The first-order valence-corrected chi connectivity index (χ1v) is 9.10. The van der Waals surface area contributed by atoms with Gasteiger partial charge >= 0.3 is 0 Å². The first-order valence-electron chi connectivity index (χ1n) is 8.28. The molecular weight excluding hydrogens is 316 g/mol. The maximum atomic E-state index is 4.93. The predicted octanol–water partition coefficient (Wildman–Crippen LogP) is 3.59. The SMILES string of the molecule is C=C1CCN(C)C2=C1N=C(c1sc(C3=CC=CN(C)C3)nc1C)C2. The van der Waals surface area contributed by atoms with Gasteiger partial charge in [0.2, 0.25) is 0 Å². The summed E-state index contributed by atoms with van der Waals surface area (Å²) in [6.45, 7) is 8.24. The fraction of sp³-hybridized carbons (Fsp3) is 0.368. The Labute approximate surface area is 147 Å². The quantitative estimate of drug-likeness (QED) is 0.826. The van der Waals surface area contributed by atoms with E-state index in [2.05, 4.69) is 55.7 Å². The molecule has 5 heteroatoms. The van der Waals surface area contributed by atoms with Crippen molar-refractivity contribution in [3.63, 3.8) is 0 Å². The van der Waals surface area contributed by atoms with Crippen LogP contribution in [0.1, 0.15) is 28.4 Å². The molecular formula is C19H22N4S. The molecule has 0 aliphatic carbocycles. The zero-order valence-electron chi connectivity index (χ0n) is 14.5. The third-order valence-electron chi connectivity index (χ3n) is 4.79. The normalized spacial score (nSPS) is 20.5. The van der Waals surface area contributed by atoms with Crippen molar-refractivity contribution in [2.24, 2.45) is 4.99 Å². The Morgan fingerprint density at radius 3 is 2.88 bits per heavy atom. The number of allylic oxidation sites excluding steroid dienone is 4. The number of rotatable bonds is 2. The molecule has 0 saturated heterocycles. The van der Waals surface area contributed by atoms with Gasteiger partial charge in [0.1, 0.15) is 5.01 Å². The average Bonchev–Trinajstić information content (AvgIpc) is 3.15. The topological polar surface area (TPSA) is 31.7 Å². The van der Waals surface area contributed by atoms with E-state index in [1.165, 1.54) is 21.7 Å². The summed E-state index contributed by atoms with van der Waals surface area (Å²) < 4.78 is 0. The third-order valence-corrected chi connectivity index (χ3v) is 6.07. The summed E-state index contributed by atoms with van der Waals surface area (Å²) in [4.78, 5) is 15.5. The Hall–Kier alpha value is -2.14. The number of nitrogens with zero attached hydrogens (tertiary/aromatic N) is 4. The molecule has 0 atom stereocenters. The van der Waals surface area contributed by atoms with Gasteiger partial charge in [0.25, 0.3) is 0 Å².